The van der Waals surface area contributed by atoms with Crippen LogP contribution in [0.5, 0.6) is 0 Å². The summed E-state index contributed by atoms with van der Waals surface area (Å²) in [6.45, 7) is 2.09. The summed E-state index contributed by atoms with van der Waals surface area (Å²) in [5, 5.41) is 4.81. The lowest BCUT2D eigenvalue weighted by Gasteiger charge is -2.09. The largest absolute Gasteiger partial charge is 0.360 e. The van der Waals surface area contributed by atoms with E-state index in [1.54, 1.807) is 12.3 Å². The van der Waals surface area contributed by atoms with Gasteiger partial charge in [0.15, 0.2) is 0 Å². The first kappa shape index (κ1) is 16.1. The average Bonchev–Trinajstić information content (AvgIpc) is 3.06. The third-order valence-corrected chi connectivity index (χ3v) is 4.54. The zero-order valence-corrected chi connectivity index (χ0v) is 14.4. The number of hydrogen-bond donors (Lipinski definition) is 3. The predicted octanol–water partition coefficient (Wildman–Crippen LogP) is 4.21. The predicted molar refractivity (Wildman–Crippen MR) is 105 cm³/mol. The molecule has 0 saturated carbocycles. The standard InChI is InChI=1S/C21H19N3O2/c1-2-5-13-10-20(25)24-19-11-14(8-9-15(13)19)23-21(26)17-12-22-18-7-4-3-6-16(17)18/h3-4,6-12,22H,2,5H2,1H3,(H,23,26)(H,24,25). The van der Waals surface area contributed by atoms with Crippen LogP contribution in [0.2, 0.25) is 0 Å². The highest BCUT2D eigenvalue weighted by Crippen LogP contribution is 2.23. The maximum Gasteiger partial charge on any atom is 0.257 e. The Labute approximate surface area is 150 Å². The molecule has 0 aliphatic rings. The van der Waals surface area contributed by atoms with Gasteiger partial charge in [-0.15, -0.1) is 0 Å². The zero-order valence-electron chi connectivity index (χ0n) is 14.4. The molecule has 2 aromatic heterocycles. The van der Waals surface area contributed by atoms with E-state index < -0.39 is 0 Å². The summed E-state index contributed by atoms with van der Waals surface area (Å²) in [7, 11) is 0. The van der Waals surface area contributed by atoms with Crippen LogP contribution in [0.3, 0.4) is 0 Å². The van der Waals surface area contributed by atoms with Crippen LogP contribution in [0.1, 0.15) is 29.3 Å². The molecule has 130 valence electrons. The second-order valence-electron chi connectivity index (χ2n) is 6.37. The number of nitrogens with one attached hydrogen (secondary N) is 3. The van der Waals surface area contributed by atoms with Crippen molar-refractivity contribution in [2.24, 2.45) is 0 Å². The highest BCUT2D eigenvalue weighted by molar-refractivity contribution is 6.13. The highest BCUT2D eigenvalue weighted by Gasteiger charge is 2.12. The van der Waals surface area contributed by atoms with Gasteiger partial charge in [-0.25, -0.2) is 0 Å². The Morgan fingerprint density at radius 3 is 2.73 bits per heavy atom. The maximum absolute atomic E-state index is 12.7. The second-order valence-corrected chi connectivity index (χ2v) is 6.37. The van der Waals surface area contributed by atoms with Gasteiger partial charge in [-0.1, -0.05) is 37.6 Å². The van der Waals surface area contributed by atoms with Crippen LogP contribution in [-0.4, -0.2) is 15.9 Å². The quantitative estimate of drug-likeness (QED) is 0.518. The molecule has 5 heteroatoms. The molecule has 3 N–H and O–H groups in total. The van der Waals surface area contributed by atoms with Crippen molar-refractivity contribution >= 4 is 33.4 Å². The van der Waals surface area contributed by atoms with Crippen molar-refractivity contribution in [3.8, 4) is 0 Å². The van der Waals surface area contributed by atoms with Gasteiger partial charge in [-0.2, -0.15) is 0 Å². The van der Waals surface area contributed by atoms with Crippen molar-refractivity contribution in [2.45, 2.75) is 19.8 Å². The molecule has 0 spiro atoms. The van der Waals surface area contributed by atoms with E-state index in [-0.39, 0.29) is 11.5 Å². The van der Waals surface area contributed by atoms with E-state index in [4.69, 9.17) is 0 Å². The number of amides is 1. The Morgan fingerprint density at radius 2 is 1.88 bits per heavy atom. The van der Waals surface area contributed by atoms with E-state index in [0.717, 1.165) is 40.2 Å². The lowest BCUT2D eigenvalue weighted by Crippen LogP contribution is -2.12. The molecule has 0 fully saturated rings. The van der Waals surface area contributed by atoms with Crippen molar-refractivity contribution < 1.29 is 4.79 Å². The minimum atomic E-state index is -0.186. The molecule has 4 rings (SSSR count). The van der Waals surface area contributed by atoms with E-state index >= 15 is 0 Å². The van der Waals surface area contributed by atoms with Crippen LogP contribution in [0.4, 0.5) is 5.69 Å². The number of rotatable bonds is 4. The summed E-state index contributed by atoms with van der Waals surface area (Å²) in [5.74, 6) is -0.186. The molecular weight excluding hydrogens is 326 g/mol. The Bertz CT molecular complexity index is 1170. The highest BCUT2D eigenvalue weighted by atomic mass is 16.1. The molecule has 5 nitrogen and oxygen atoms in total. The number of aromatic nitrogens is 2. The molecule has 0 unspecified atom stereocenters. The monoisotopic (exact) mass is 345 g/mol. The maximum atomic E-state index is 12.7. The van der Waals surface area contributed by atoms with E-state index in [9.17, 15) is 9.59 Å². The van der Waals surface area contributed by atoms with E-state index in [2.05, 4.69) is 22.2 Å². The number of para-hydroxylation sites is 1. The SMILES string of the molecule is CCCc1cc(=O)[nH]c2cc(NC(=O)c3c[nH]c4ccccc34)ccc12. The van der Waals surface area contributed by atoms with E-state index in [1.165, 1.54) is 0 Å². The number of aryl methyl sites for hydroxylation is 1. The Balaban J connectivity index is 1.69. The summed E-state index contributed by atoms with van der Waals surface area (Å²) in [6.07, 6.45) is 3.53. The number of benzene rings is 2. The lowest BCUT2D eigenvalue weighted by molar-refractivity contribution is 0.102. The van der Waals surface area contributed by atoms with Crippen LogP contribution >= 0.6 is 0 Å². The fraction of sp³-hybridized carbons (Fsp3) is 0.143. The molecule has 0 atom stereocenters. The Hall–Kier alpha value is -3.34. The lowest BCUT2D eigenvalue weighted by atomic mass is 10.0. The van der Waals surface area contributed by atoms with Crippen LogP contribution in [0.15, 0.2) is 59.5 Å². The van der Waals surface area contributed by atoms with Crippen molar-refractivity contribution in [1.29, 1.82) is 0 Å². The van der Waals surface area contributed by atoms with Gasteiger partial charge in [0.1, 0.15) is 0 Å². The Kier molecular flexibility index (Phi) is 4.05. The number of anilines is 1. The summed E-state index contributed by atoms with van der Waals surface area (Å²) < 4.78 is 0. The summed E-state index contributed by atoms with van der Waals surface area (Å²) in [4.78, 5) is 30.5. The van der Waals surface area contributed by atoms with Gasteiger partial charge < -0.3 is 15.3 Å². The van der Waals surface area contributed by atoms with Gasteiger partial charge in [0.05, 0.1) is 11.1 Å². The zero-order chi connectivity index (χ0) is 18.1. The van der Waals surface area contributed by atoms with E-state index in [1.807, 2.05) is 42.5 Å². The number of H-pyrrole nitrogens is 2. The minimum Gasteiger partial charge on any atom is -0.360 e. The topological polar surface area (TPSA) is 77.8 Å². The first-order valence-corrected chi connectivity index (χ1v) is 8.69. The second kappa shape index (κ2) is 6.52. The number of hydrogen-bond acceptors (Lipinski definition) is 2. The van der Waals surface area contributed by atoms with Crippen LogP contribution in [0, 0.1) is 0 Å². The molecule has 0 bridgehead atoms. The van der Waals surface area contributed by atoms with Gasteiger partial charge in [-0.3, -0.25) is 9.59 Å². The van der Waals surface area contributed by atoms with Crippen LogP contribution in [0.25, 0.3) is 21.8 Å². The number of carbonyl (C=O) groups is 1. The van der Waals surface area contributed by atoms with Gasteiger partial charge in [0.2, 0.25) is 5.56 Å². The average molecular weight is 345 g/mol. The van der Waals surface area contributed by atoms with Gasteiger partial charge in [0, 0.05) is 34.2 Å². The molecule has 2 aromatic carbocycles. The van der Waals surface area contributed by atoms with Crippen molar-refractivity contribution in [2.75, 3.05) is 5.32 Å². The van der Waals surface area contributed by atoms with Gasteiger partial charge in [-0.05, 0) is 30.2 Å². The molecule has 0 aliphatic heterocycles. The molecular formula is C21H19N3O2. The molecule has 0 radical (unpaired) electrons. The summed E-state index contributed by atoms with van der Waals surface area (Å²) >= 11 is 0. The molecule has 2 heterocycles. The smallest absolute Gasteiger partial charge is 0.257 e. The van der Waals surface area contributed by atoms with Gasteiger partial charge >= 0.3 is 0 Å². The fourth-order valence-corrected chi connectivity index (χ4v) is 3.34. The van der Waals surface area contributed by atoms with Crippen molar-refractivity contribution in [3.05, 3.63) is 76.2 Å². The molecule has 0 saturated heterocycles. The van der Waals surface area contributed by atoms with Crippen LogP contribution < -0.4 is 10.9 Å². The fourth-order valence-electron chi connectivity index (χ4n) is 3.34. The first-order chi connectivity index (χ1) is 12.7. The van der Waals surface area contributed by atoms with E-state index in [0.29, 0.717) is 11.3 Å². The molecule has 1 amide bonds. The third-order valence-electron chi connectivity index (χ3n) is 4.54. The Morgan fingerprint density at radius 1 is 1.04 bits per heavy atom. The third kappa shape index (κ3) is 2.88. The minimum absolute atomic E-state index is 0.124. The van der Waals surface area contributed by atoms with Crippen molar-refractivity contribution in [1.82, 2.24) is 9.97 Å². The number of carbonyl (C=O) groups excluding carboxylic acids is 1. The number of fused-ring (bicyclic) bond motifs is 2. The molecule has 4 aromatic rings. The van der Waals surface area contributed by atoms with Crippen molar-refractivity contribution in [3.63, 3.8) is 0 Å². The first-order valence-electron chi connectivity index (χ1n) is 8.69. The van der Waals surface area contributed by atoms with Crippen LogP contribution in [-0.2, 0) is 6.42 Å². The number of aromatic amines is 2. The number of pyridine rings is 1. The normalized spacial score (nSPS) is 11.1. The summed E-state index contributed by atoms with van der Waals surface area (Å²) in [6, 6.07) is 14.9. The molecule has 0 aliphatic carbocycles. The summed E-state index contributed by atoms with van der Waals surface area (Å²) in [5.41, 5.74) is 3.80. The molecule has 26 heavy (non-hydrogen) atoms. The van der Waals surface area contributed by atoms with Gasteiger partial charge in [0.25, 0.3) is 5.91 Å².